The Kier molecular flexibility index (Phi) is 6.01. The first-order chi connectivity index (χ1) is 14.5. The van der Waals surface area contributed by atoms with Crippen molar-refractivity contribution in [2.45, 2.75) is 37.6 Å². The highest BCUT2D eigenvalue weighted by Gasteiger charge is 2.19. The van der Waals surface area contributed by atoms with Gasteiger partial charge in [0.1, 0.15) is 16.5 Å². The summed E-state index contributed by atoms with van der Waals surface area (Å²) in [7, 11) is 0. The minimum atomic E-state index is -0.369. The van der Waals surface area contributed by atoms with Gasteiger partial charge in [0.2, 0.25) is 0 Å². The van der Waals surface area contributed by atoms with Gasteiger partial charge in [-0.2, -0.15) is 0 Å². The highest BCUT2D eigenvalue weighted by molar-refractivity contribution is 7.98. The van der Waals surface area contributed by atoms with Gasteiger partial charge >= 0.3 is 0 Å². The lowest BCUT2D eigenvalue weighted by Crippen LogP contribution is -2.21. The van der Waals surface area contributed by atoms with Gasteiger partial charge in [-0.1, -0.05) is 37.2 Å². The summed E-state index contributed by atoms with van der Waals surface area (Å²) >= 11 is 2.91. The van der Waals surface area contributed by atoms with E-state index in [0.29, 0.717) is 26.8 Å². The summed E-state index contributed by atoms with van der Waals surface area (Å²) in [6.45, 7) is 4.07. The van der Waals surface area contributed by atoms with Crippen LogP contribution in [-0.4, -0.2) is 9.55 Å². The van der Waals surface area contributed by atoms with Crippen molar-refractivity contribution in [1.29, 1.82) is 0 Å². The molecule has 0 atom stereocenters. The van der Waals surface area contributed by atoms with Crippen LogP contribution in [0, 0.1) is 18.6 Å². The number of halogens is 2. The molecular weight excluding hydrogens is 422 g/mol. The van der Waals surface area contributed by atoms with Crippen LogP contribution in [0.1, 0.15) is 29.3 Å². The third kappa shape index (κ3) is 4.04. The van der Waals surface area contributed by atoms with Gasteiger partial charge in [-0.05, 0) is 60.9 Å². The lowest BCUT2D eigenvalue weighted by molar-refractivity contribution is 0.626. The standard InChI is InChI=1S/C23H20F2N2OS2/c1-3-5-19-14(2)20-21(30-19)26-23(29-13-15-6-4-7-17(25)12-15)27(22(20)28)18-10-8-16(24)9-11-18/h4,6-12H,3,5,13H2,1-2H3. The maximum absolute atomic E-state index is 13.6. The molecule has 0 saturated heterocycles. The van der Waals surface area contributed by atoms with Crippen molar-refractivity contribution in [3.05, 3.63) is 86.5 Å². The Morgan fingerprint density at radius 3 is 2.57 bits per heavy atom. The molecule has 7 heteroatoms. The molecule has 2 heterocycles. The normalized spacial score (nSPS) is 11.3. The van der Waals surface area contributed by atoms with Crippen LogP contribution < -0.4 is 5.56 Å². The zero-order valence-corrected chi connectivity index (χ0v) is 18.2. The average Bonchev–Trinajstić information content (AvgIpc) is 3.03. The second kappa shape index (κ2) is 8.70. The summed E-state index contributed by atoms with van der Waals surface area (Å²) in [6, 6.07) is 12.2. The minimum Gasteiger partial charge on any atom is -0.268 e. The number of aryl methyl sites for hydroxylation is 2. The van der Waals surface area contributed by atoms with Crippen molar-refractivity contribution in [3.8, 4) is 5.69 Å². The van der Waals surface area contributed by atoms with E-state index in [1.54, 1.807) is 29.5 Å². The van der Waals surface area contributed by atoms with E-state index in [9.17, 15) is 13.6 Å². The highest BCUT2D eigenvalue weighted by atomic mass is 32.2. The molecule has 2 aromatic heterocycles. The van der Waals surface area contributed by atoms with Gasteiger partial charge in [-0.15, -0.1) is 11.3 Å². The van der Waals surface area contributed by atoms with Crippen molar-refractivity contribution in [2.75, 3.05) is 0 Å². The summed E-state index contributed by atoms with van der Waals surface area (Å²) in [6.07, 6.45) is 1.88. The number of fused-ring (bicyclic) bond motifs is 1. The quantitative estimate of drug-likeness (QED) is 0.260. The fourth-order valence-electron chi connectivity index (χ4n) is 3.37. The van der Waals surface area contributed by atoms with E-state index < -0.39 is 0 Å². The smallest absolute Gasteiger partial charge is 0.267 e. The number of nitrogens with zero attached hydrogens (tertiary/aromatic N) is 2. The minimum absolute atomic E-state index is 0.163. The molecule has 0 bridgehead atoms. The first kappa shape index (κ1) is 20.8. The Bertz CT molecular complexity index is 1260. The number of aromatic nitrogens is 2. The van der Waals surface area contributed by atoms with Gasteiger partial charge in [0, 0.05) is 10.6 Å². The molecule has 2 aromatic carbocycles. The molecule has 3 nitrogen and oxygen atoms in total. The topological polar surface area (TPSA) is 34.9 Å². The van der Waals surface area contributed by atoms with Gasteiger partial charge in [-0.25, -0.2) is 13.8 Å². The van der Waals surface area contributed by atoms with Gasteiger partial charge in [0.15, 0.2) is 5.16 Å². The lowest BCUT2D eigenvalue weighted by Gasteiger charge is -2.12. The Hall–Kier alpha value is -2.51. The zero-order valence-electron chi connectivity index (χ0n) is 16.6. The Morgan fingerprint density at radius 1 is 1.10 bits per heavy atom. The van der Waals surface area contributed by atoms with E-state index >= 15 is 0 Å². The summed E-state index contributed by atoms with van der Waals surface area (Å²) in [5, 5.41) is 1.12. The van der Waals surface area contributed by atoms with Gasteiger partial charge < -0.3 is 0 Å². The van der Waals surface area contributed by atoms with Crippen LogP contribution in [0.25, 0.3) is 15.9 Å². The van der Waals surface area contributed by atoms with Crippen LogP contribution in [-0.2, 0) is 12.2 Å². The molecule has 4 rings (SSSR count). The van der Waals surface area contributed by atoms with Crippen molar-refractivity contribution >= 4 is 33.3 Å². The summed E-state index contributed by atoms with van der Waals surface area (Å²) in [5.74, 6) is -0.208. The van der Waals surface area contributed by atoms with Crippen molar-refractivity contribution in [1.82, 2.24) is 9.55 Å². The van der Waals surface area contributed by atoms with Crippen LogP contribution in [0.15, 0.2) is 58.5 Å². The molecule has 0 N–H and O–H groups in total. The van der Waals surface area contributed by atoms with E-state index in [1.165, 1.54) is 40.6 Å². The van der Waals surface area contributed by atoms with Crippen LogP contribution in [0.5, 0.6) is 0 Å². The summed E-state index contributed by atoms with van der Waals surface area (Å²) in [5.41, 5.74) is 2.16. The molecule has 0 amide bonds. The predicted molar refractivity (Wildman–Crippen MR) is 120 cm³/mol. The lowest BCUT2D eigenvalue weighted by atomic mass is 10.1. The van der Waals surface area contributed by atoms with Gasteiger partial charge in [0.05, 0.1) is 11.1 Å². The summed E-state index contributed by atoms with van der Waals surface area (Å²) in [4.78, 5) is 20.2. The third-order valence-corrected chi connectivity index (χ3v) is 7.11. The average molecular weight is 443 g/mol. The number of thiophene rings is 1. The molecule has 0 aliphatic carbocycles. The number of benzene rings is 2. The molecule has 0 aliphatic heterocycles. The van der Waals surface area contributed by atoms with E-state index in [0.717, 1.165) is 28.8 Å². The fourth-order valence-corrected chi connectivity index (χ4v) is 5.64. The molecule has 30 heavy (non-hydrogen) atoms. The summed E-state index contributed by atoms with van der Waals surface area (Å²) < 4.78 is 28.6. The SMILES string of the molecule is CCCc1sc2nc(SCc3cccc(F)c3)n(-c3ccc(F)cc3)c(=O)c2c1C. The second-order valence-electron chi connectivity index (χ2n) is 7.01. The molecular formula is C23H20F2N2OS2. The van der Waals surface area contributed by atoms with Crippen molar-refractivity contribution in [2.24, 2.45) is 0 Å². The first-order valence-electron chi connectivity index (χ1n) is 9.66. The zero-order chi connectivity index (χ0) is 21.3. The molecule has 154 valence electrons. The predicted octanol–water partition coefficient (Wildman–Crippen LogP) is 6.28. The molecule has 0 radical (unpaired) electrons. The van der Waals surface area contributed by atoms with Crippen LogP contribution in [0.2, 0.25) is 0 Å². The first-order valence-corrected chi connectivity index (χ1v) is 11.5. The highest BCUT2D eigenvalue weighted by Crippen LogP contribution is 2.32. The van der Waals surface area contributed by atoms with E-state index in [-0.39, 0.29) is 17.2 Å². The largest absolute Gasteiger partial charge is 0.268 e. The molecule has 4 aromatic rings. The molecule has 0 aliphatic rings. The number of rotatable bonds is 6. The van der Waals surface area contributed by atoms with Crippen molar-refractivity contribution in [3.63, 3.8) is 0 Å². The number of hydrogen-bond acceptors (Lipinski definition) is 4. The second-order valence-corrected chi connectivity index (χ2v) is 9.04. The Morgan fingerprint density at radius 2 is 1.87 bits per heavy atom. The van der Waals surface area contributed by atoms with Crippen LogP contribution in [0.3, 0.4) is 0 Å². The van der Waals surface area contributed by atoms with Gasteiger partial charge in [0.25, 0.3) is 5.56 Å². The van der Waals surface area contributed by atoms with Crippen molar-refractivity contribution < 1.29 is 8.78 Å². The van der Waals surface area contributed by atoms with Crippen LogP contribution >= 0.6 is 23.1 Å². The van der Waals surface area contributed by atoms with Crippen LogP contribution in [0.4, 0.5) is 8.78 Å². The molecule has 0 unspecified atom stereocenters. The van der Waals surface area contributed by atoms with E-state index in [1.807, 2.05) is 13.0 Å². The monoisotopic (exact) mass is 442 g/mol. The maximum atomic E-state index is 13.6. The number of hydrogen-bond donors (Lipinski definition) is 0. The Balaban J connectivity index is 1.86. The third-order valence-electron chi connectivity index (χ3n) is 4.85. The van der Waals surface area contributed by atoms with E-state index in [4.69, 9.17) is 4.98 Å². The van der Waals surface area contributed by atoms with E-state index in [2.05, 4.69) is 6.92 Å². The number of thioether (sulfide) groups is 1. The Labute approximate surface area is 181 Å². The fraction of sp³-hybridized carbons (Fsp3) is 0.217. The molecule has 0 spiro atoms. The molecule has 0 fully saturated rings. The maximum Gasteiger partial charge on any atom is 0.267 e. The van der Waals surface area contributed by atoms with Gasteiger partial charge in [-0.3, -0.25) is 9.36 Å². The molecule has 0 saturated carbocycles.